The molecule has 0 aliphatic rings. The molecule has 0 unspecified atom stereocenters. The first-order chi connectivity index (χ1) is 15.1. The summed E-state index contributed by atoms with van der Waals surface area (Å²) in [6, 6.07) is 19.4. The van der Waals surface area contributed by atoms with Gasteiger partial charge in [0.2, 0.25) is 0 Å². The van der Waals surface area contributed by atoms with Crippen molar-refractivity contribution >= 4 is 53.4 Å². The first-order valence-corrected chi connectivity index (χ1v) is 11.5. The maximum absolute atomic E-state index is 13.1. The Morgan fingerprint density at radius 3 is 1.97 bits per heavy atom. The average molecular weight is 568 g/mol. The van der Waals surface area contributed by atoms with Gasteiger partial charge in [-0.1, -0.05) is 62.2 Å². The van der Waals surface area contributed by atoms with Crippen molar-refractivity contribution in [2.45, 2.75) is 0 Å². The topological polar surface area (TPSA) is 50.8 Å². The van der Waals surface area contributed by atoms with Gasteiger partial charge < -0.3 is 19.3 Å². The van der Waals surface area contributed by atoms with E-state index in [0.717, 1.165) is 36.1 Å². The summed E-state index contributed by atoms with van der Waals surface area (Å²) in [5, 5.41) is 17.0. The van der Waals surface area contributed by atoms with Crippen molar-refractivity contribution in [1.82, 2.24) is 0 Å². The number of halogens is 2. The van der Waals surface area contributed by atoms with E-state index in [1.165, 1.54) is 0 Å². The molecule has 0 atom stereocenters. The molecule has 0 fully saturated rings. The van der Waals surface area contributed by atoms with Gasteiger partial charge in [0.05, 0.1) is 19.8 Å². The Morgan fingerprint density at radius 2 is 1.31 bits per heavy atom. The molecule has 0 aromatic heterocycles. The third-order valence-corrected chi connectivity index (χ3v) is 6.04. The fraction of sp³-hybridized carbons (Fsp3) is 0.200. The maximum atomic E-state index is 13.1. The Hall–Kier alpha value is -1.12. The standard InChI is InChI=1S/C25H22Br2O4.Na/c1-29-10-11-30-12-13-31-23-9-3-17-15-19(27)5-7-21(17)25(23)24-20-6-4-18(26)14-16(20)2-8-22(24)28;/h2-9,14-15,28H,10-13H2,1H3;/q;+1/p-1. The molecule has 0 N–H and O–H groups in total. The number of hydrogen-bond donors (Lipinski definition) is 0. The minimum atomic E-state index is -0.0357. The molecule has 0 aliphatic heterocycles. The number of fused-ring (bicyclic) bond motifs is 2. The summed E-state index contributed by atoms with van der Waals surface area (Å²) in [5.41, 5.74) is 1.45. The van der Waals surface area contributed by atoms with Crippen LogP contribution in [0.15, 0.2) is 69.6 Å². The van der Waals surface area contributed by atoms with Gasteiger partial charge in [0.25, 0.3) is 0 Å². The Labute approximate surface area is 226 Å². The summed E-state index contributed by atoms with van der Waals surface area (Å²) in [5.74, 6) is 0.629. The summed E-state index contributed by atoms with van der Waals surface area (Å²) in [4.78, 5) is 0. The van der Waals surface area contributed by atoms with Crippen LogP contribution in [0.25, 0.3) is 32.7 Å². The summed E-state index contributed by atoms with van der Waals surface area (Å²) in [6.07, 6.45) is 0. The van der Waals surface area contributed by atoms with Gasteiger partial charge >= 0.3 is 29.6 Å². The summed E-state index contributed by atoms with van der Waals surface area (Å²) in [7, 11) is 1.64. The molecule has 4 nitrogen and oxygen atoms in total. The first kappa shape index (κ1) is 25.5. The van der Waals surface area contributed by atoms with Crippen LogP contribution in [0, 0.1) is 0 Å². The molecule has 4 aromatic rings. The van der Waals surface area contributed by atoms with Gasteiger partial charge in [-0.25, -0.2) is 0 Å². The predicted molar refractivity (Wildman–Crippen MR) is 130 cm³/mol. The van der Waals surface area contributed by atoms with Crippen LogP contribution in [-0.4, -0.2) is 33.5 Å². The van der Waals surface area contributed by atoms with Crippen LogP contribution in [0.4, 0.5) is 0 Å². The van der Waals surface area contributed by atoms with Crippen LogP contribution in [-0.2, 0) is 9.47 Å². The van der Waals surface area contributed by atoms with Crippen molar-refractivity contribution in [2.24, 2.45) is 0 Å². The second-order valence-electron chi connectivity index (χ2n) is 7.06. The third kappa shape index (κ3) is 5.68. The Balaban J connectivity index is 0.00000289. The van der Waals surface area contributed by atoms with Gasteiger partial charge in [-0.2, -0.15) is 0 Å². The zero-order valence-electron chi connectivity index (χ0n) is 18.0. The normalized spacial score (nSPS) is 11.0. The van der Waals surface area contributed by atoms with Crippen LogP contribution in [0.2, 0.25) is 0 Å². The van der Waals surface area contributed by atoms with Crippen molar-refractivity contribution in [3.05, 3.63) is 69.6 Å². The molecule has 0 heterocycles. The summed E-state index contributed by atoms with van der Waals surface area (Å²) >= 11 is 7.06. The number of hydrogen-bond acceptors (Lipinski definition) is 4. The quantitative estimate of drug-likeness (QED) is 0.242. The van der Waals surface area contributed by atoms with E-state index in [-0.39, 0.29) is 35.3 Å². The Bertz CT molecular complexity index is 1230. The van der Waals surface area contributed by atoms with Gasteiger partial charge in [-0.15, -0.1) is 5.75 Å². The van der Waals surface area contributed by atoms with Crippen LogP contribution in [0.5, 0.6) is 11.5 Å². The van der Waals surface area contributed by atoms with Gasteiger partial charge in [-0.3, -0.25) is 0 Å². The second-order valence-corrected chi connectivity index (χ2v) is 8.89. The monoisotopic (exact) mass is 566 g/mol. The summed E-state index contributed by atoms with van der Waals surface area (Å²) < 4.78 is 18.6. The van der Waals surface area contributed by atoms with E-state index in [1.54, 1.807) is 13.2 Å². The molecule has 0 amide bonds. The minimum absolute atomic E-state index is 0. The van der Waals surface area contributed by atoms with Crippen LogP contribution < -0.4 is 39.4 Å². The van der Waals surface area contributed by atoms with E-state index in [1.807, 2.05) is 54.6 Å². The van der Waals surface area contributed by atoms with Crippen molar-refractivity contribution in [3.63, 3.8) is 0 Å². The van der Waals surface area contributed by atoms with Gasteiger partial charge in [-0.05, 0) is 57.4 Å². The molecule has 0 radical (unpaired) electrons. The van der Waals surface area contributed by atoms with Gasteiger partial charge in [0, 0.05) is 21.6 Å². The second kappa shape index (κ2) is 11.8. The maximum Gasteiger partial charge on any atom is 1.00 e. The number of methoxy groups -OCH3 is 1. The minimum Gasteiger partial charge on any atom is -0.872 e. The van der Waals surface area contributed by atoms with E-state index < -0.39 is 0 Å². The van der Waals surface area contributed by atoms with E-state index in [2.05, 4.69) is 31.9 Å². The molecule has 4 aromatic carbocycles. The molecule has 0 aliphatic carbocycles. The van der Waals surface area contributed by atoms with Gasteiger partial charge in [0.1, 0.15) is 12.4 Å². The number of rotatable bonds is 8. The zero-order chi connectivity index (χ0) is 21.8. The molecule has 7 heteroatoms. The molecule has 32 heavy (non-hydrogen) atoms. The van der Waals surface area contributed by atoms with Crippen molar-refractivity contribution in [2.75, 3.05) is 33.5 Å². The smallest absolute Gasteiger partial charge is 0.872 e. The first-order valence-electron chi connectivity index (χ1n) is 9.90. The van der Waals surface area contributed by atoms with Crippen LogP contribution in [0.1, 0.15) is 0 Å². The number of benzene rings is 4. The average Bonchev–Trinajstić information content (AvgIpc) is 2.76. The molecule has 0 saturated heterocycles. The van der Waals surface area contributed by atoms with E-state index >= 15 is 0 Å². The Morgan fingerprint density at radius 1 is 0.719 bits per heavy atom. The Kier molecular flexibility index (Phi) is 9.44. The van der Waals surface area contributed by atoms with E-state index in [0.29, 0.717) is 37.7 Å². The number of ether oxygens (including phenoxy) is 3. The molecule has 0 bridgehead atoms. The fourth-order valence-corrected chi connectivity index (χ4v) is 4.41. The van der Waals surface area contributed by atoms with Crippen molar-refractivity contribution in [1.29, 1.82) is 0 Å². The molecule has 0 spiro atoms. The molecule has 0 saturated carbocycles. The largest absolute Gasteiger partial charge is 1.00 e. The fourth-order valence-electron chi connectivity index (χ4n) is 3.65. The zero-order valence-corrected chi connectivity index (χ0v) is 23.2. The third-order valence-electron chi connectivity index (χ3n) is 5.05. The molecular weight excluding hydrogens is 547 g/mol. The van der Waals surface area contributed by atoms with Crippen molar-refractivity contribution < 1.29 is 48.9 Å². The molecule has 160 valence electrons. The van der Waals surface area contributed by atoms with Crippen LogP contribution >= 0.6 is 31.9 Å². The molecular formula is C25H21Br2NaO4. The predicted octanol–water partition coefficient (Wildman–Crippen LogP) is 3.30. The van der Waals surface area contributed by atoms with E-state index in [9.17, 15) is 5.11 Å². The van der Waals surface area contributed by atoms with Crippen molar-refractivity contribution in [3.8, 4) is 22.6 Å². The van der Waals surface area contributed by atoms with Crippen LogP contribution in [0.3, 0.4) is 0 Å². The molecule has 4 rings (SSSR count). The SMILES string of the molecule is COCCOCCOc1ccc2cc(Br)ccc2c1-c1c([O-])ccc2cc(Br)ccc12.[Na+]. The summed E-state index contributed by atoms with van der Waals surface area (Å²) in [6.45, 7) is 1.87. The van der Waals surface area contributed by atoms with Gasteiger partial charge in [0.15, 0.2) is 0 Å². The van der Waals surface area contributed by atoms with E-state index in [4.69, 9.17) is 14.2 Å².